The van der Waals surface area contributed by atoms with Crippen molar-refractivity contribution in [1.29, 1.82) is 0 Å². The van der Waals surface area contributed by atoms with E-state index in [-0.39, 0.29) is 0 Å². The maximum atomic E-state index is 13.0. The first-order chi connectivity index (χ1) is 8.47. The van der Waals surface area contributed by atoms with E-state index in [4.69, 9.17) is 0 Å². The minimum absolute atomic E-state index is 0.370. The van der Waals surface area contributed by atoms with Gasteiger partial charge in [0.05, 0.1) is 0 Å². The summed E-state index contributed by atoms with van der Waals surface area (Å²) < 4.78 is 26.0. The molecule has 0 aliphatic carbocycles. The monoisotopic (exact) mass is 255 g/mol. The van der Waals surface area contributed by atoms with Gasteiger partial charge in [0.2, 0.25) is 0 Å². The largest absolute Gasteiger partial charge is 0.310 e. The van der Waals surface area contributed by atoms with Gasteiger partial charge in [0, 0.05) is 18.7 Å². The summed E-state index contributed by atoms with van der Waals surface area (Å²) in [5, 5.41) is 3.29. The molecule has 0 aliphatic heterocycles. The highest BCUT2D eigenvalue weighted by atomic mass is 19.1. The van der Waals surface area contributed by atoms with Gasteiger partial charge in [-0.1, -0.05) is 26.7 Å². The SMILES string of the molecule is CC(C)CCCC(C)NCc1cc(F)cc(F)c1. The van der Waals surface area contributed by atoms with Gasteiger partial charge >= 0.3 is 0 Å². The molecule has 1 N–H and O–H groups in total. The van der Waals surface area contributed by atoms with E-state index in [0.29, 0.717) is 18.2 Å². The Labute approximate surface area is 109 Å². The maximum absolute atomic E-state index is 13.0. The molecule has 1 unspecified atom stereocenters. The van der Waals surface area contributed by atoms with Crippen LogP contribution >= 0.6 is 0 Å². The zero-order valence-electron chi connectivity index (χ0n) is 11.5. The lowest BCUT2D eigenvalue weighted by atomic mass is 10.0. The van der Waals surface area contributed by atoms with Crippen LogP contribution in [0, 0.1) is 17.6 Å². The van der Waals surface area contributed by atoms with Gasteiger partial charge in [-0.15, -0.1) is 0 Å². The number of rotatable bonds is 7. The molecule has 0 saturated carbocycles. The Morgan fingerprint density at radius 3 is 2.17 bits per heavy atom. The Morgan fingerprint density at radius 1 is 1.00 bits per heavy atom. The van der Waals surface area contributed by atoms with E-state index in [2.05, 4.69) is 26.1 Å². The summed E-state index contributed by atoms with van der Waals surface area (Å²) in [7, 11) is 0. The van der Waals surface area contributed by atoms with Crippen molar-refractivity contribution in [3.05, 3.63) is 35.4 Å². The zero-order chi connectivity index (χ0) is 13.5. The van der Waals surface area contributed by atoms with Crippen molar-refractivity contribution in [3.8, 4) is 0 Å². The highest BCUT2D eigenvalue weighted by Crippen LogP contribution is 2.10. The lowest BCUT2D eigenvalue weighted by Crippen LogP contribution is -2.25. The lowest BCUT2D eigenvalue weighted by Gasteiger charge is -2.14. The molecule has 0 radical (unpaired) electrons. The van der Waals surface area contributed by atoms with E-state index in [0.717, 1.165) is 18.4 Å². The first kappa shape index (κ1) is 15.1. The van der Waals surface area contributed by atoms with Gasteiger partial charge in [0.25, 0.3) is 0 Å². The summed E-state index contributed by atoms with van der Waals surface area (Å²) in [5.74, 6) is -0.298. The van der Waals surface area contributed by atoms with Crippen LogP contribution in [-0.4, -0.2) is 6.04 Å². The summed E-state index contributed by atoms with van der Waals surface area (Å²) in [6, 6.07) is 4.01. The molecule has 0 aromatic heterocycles. The number of hydrogen-bond acceptors (Lipinski definition) is 1. The van der Waals surface area contributed by atoms with Gasteiger partial charge in [0.15, 0.2) is 0 Å². The minimum atomic E-state index is -0.515. The van der Waals surface area contributed by atoms with Crippen LogP contribution in [0.5, 0.6) is 0 Å². The molecule has 102 valence electrons. The molecule has 3 heteroatoms. The third-order valence-electron chi connectivity index (χ3n) is 3.00. The molecule has 1 atom stereocenters. The van der Waals surface area contributed by atoms with Crippen molar-refractivity contribution in [1.82, 2.24) is 5.32 Å². The van der Waals surface area contributed by atoms with Gasteiger partial charge in [-0.2, -0.15) is 0 Å². The average molecular weight is 255 g/mol. The molecule has 1 rings (SSSR count). The number of nitrogens with one attached hydrogen (secondary N) is 1. The number of halogens is 2. The molecule has 1 nitrogen and oxygen atoms in total. The molecule has 18 heavy (non-hydrogen) atoms. The van der Waals surface area contributed by atoms with Gasteiger partial charge in [-0.25, -0.2) is 8.78 Å². The third-order valence-corrected chi connectivity index (χ3v) is 3.00. The van der Waals surface area contributed by atoms with Crippen molar-refractivity contribution in [2.24, 2.45) is 5.92 Å². The summed E-state index contributed by atoms with van der Waals surface area (Å²) in [6.07, 6.45) is 3.50. The molecular formula is C15H23F2N. The van der Waals surface area contributed by atoms with E-state index >= 15 is 0 Å². The normalized spacial score (nSPS) is 13.0. The zero-order valence-corrected chi connectivity index (χ0v) is 11.5. The Balaban J connectivity index is 2.31. The summed E-state index contributed by atoms with van der Waals surface area (Å²) in [4.78, 5) is 0. The molecule has 1 aromatic carbocycles. The second-order valence-electron chi connectivity index (χ2n) is 5.38. The van der Waals surface area contributed by atoms with Crippen LogP contribution in [0.15, 0.2) is 18.2 Å². The number of hydrogen-bond donors (Lipinski definition) is 1. The van der Waals surface area contributed by atoms with Crippen molar-refractivity contribution >= 4 is 0 Å². The molecule has 1 aromatic rings. The van der Waals surface area contributed by atoms with Crippen LogP contribution in [0.3, 0.4) is 0 Å². The molecule has 0 fully saturated rings. The average Bonchev–Trinajstić information content (AvgIpc) is 2.24. The van der Waals surface area contributed by atoms with Crippen LogP contribution in [0.4, 0.5) is 8.78 Å². The van der Waals surface area contributed by atoms with Crippen LogP contribution in [0.2, 0.25) is 0 Å². The molecular weight excluding hydrogens is 232 g/mol. The quantitative estimate of drug-likeness (QED) is 0.767. The summed E-state index contributed by atoms with van der Waals surface area (Å²) in [5.41, 5.74) is 0.656. The van der Waals surface area contributed by atoms with Crippen molar-refractivity contribution in [3.63, 3.8) is 0 Å². The predicted octanol–water partition coefficient (Wildman–Crippen LogP) is 4.27. The first-order valence-corrected chi connectivity index (χ1v) is 6.65. The topological polar surface area (TPSA) is 12.0 Å². The first-order valence-electron chi connectivity index (χ1n) is 6.65. The second-order valence-corrected chi connectivity index (χ2v) is 5.38. The van der Waals surface area contributed by atoms with E-state index < -0.39 is 11.6 Å². The van der Waals surface area contributed by atoms with Crippen LogP contribution in [0.25, 0.3) is 0 Å². The van der Waals surface area contributed by atoms with Gasteiger partial charge in [-0.3, -0.25) is 0 Å². The van der Waals surface area contributed by atoms with Crippen molar-refractivity contribution < 1.29 is 8.78 Å². The Morgan fingerprint density at radius 2 is 1.61 bits per heavy atom. The Hall–Kier alpha value is -0.960. The van der Waals surface area contributed by atoms with Gasteiger partial charge < -0.3 is 5.32 Å². The third kappa shape index (κ3) is 6.10. The Bertz CT molecular complexity index is 343. The van der Waals surface area contributed by atoms with E-state index in [9.17, 15) is 8.78 Å². The fourth-order valence-electron chi connectivity index (χ4n) is 1.94. The van der Waals surface area contributed by atoms with Gasteiger partial charge in [-0.05, 0) is 37.0 Å². The minimum Gasteiger partial charge on any atom is -0.310 e. The van der Waals surface area contributed by atoms with Crippen LogP contribution in [-0.2, 0) is 6.54 Å². The van der Waals surface area contributed by atoms with E-state index in [1.807, 2.05) is 0 Å². The van der Waals surface area contributed by atoms with E-state index in [1.165, 1.54) is 25.0 Å². The molecule has 0 spiro atoms. The smallest absolute Gasteiger partial charge is 0.126 e. The van der Waals surface area contributed by atoms with Crippen molar-refractivity contribution in [2.45, 2.75) is 52.6 Å². The fraction of sp³-hybridized carbons (Fsp3) is 0.600. The molecule has 0 aliphatic rings. The molecule has 0 saturated heterocycles. The predicted molar refractivity (Wildman–Crippen MR) is 71.3 cm³/mol. The standard InChI is InChI=1S/C15H23F2N/c1-11(2)5-4-6-12(3)18-10-13-7-14(16)9-15(17)8-13/h7-9,11-12,18H,4-6,10H2,1-3H3. The van der Waals surface area contributed by atoms with Crippen molar-refractivity contribution in [2.75, 3.05) is 0 Å². The highest BCUT2D eigenvalue weighted by molar-refractivity contribution is 5.17. The summed E-state index contributed by atoms with van der Waals surface area (Å²) in [6.45, 7) is 7.05. The Kier molecular flexibility index (Phi) is 6.27. The van der Waals surface area contributed by atoms with Crippen LogP contribution < -0.4 is 5.32 Å². The lowest BCUT2D eigenvalue weighted by molar-refractivity contribution is 0.456. The maximum Gasteiger partial charge on any atom is 0.126 e. The fourth-order valence-corrected chi connectivity index (χ4v) is 1.94. The highest BCUT2D eigenvalue weighted by Gasteiger charge is 2.04. The summed E-state index contributed by atoms with van der Waals surface area (Å²) >= 11 is 0. The van der Waals surface area contributed by atoms with Gasteiger partial charge in [0.1, 0.15) is 11.6 Å². The number of benzene rings is 1. The van der Waals surface area contributed by atoms with E-state index in [1.54, 1.807) is 0 Å². The molecule has 0 amide bonds. The molecule has 0 heterocycles. The molecule has 0 bridgehead atoms. The second kappa shape index (κ2) is 7.47. The van der Waals surface area contributed by atoms with Crippen LogP contribution in [0.1, 0.15) is 45.6 Å².